The van der Waals surface area contributed by atoms with E-state index in [1.807, 2.05) is 24.3 Å². The van der Waals surface area contributed by atoms with E-state index in [-0.39, 0.29) is 5.75 Å². The molecule has 2 aromatic rings. The van der Waals surface area contributed by atoms with Gasteiger partial charge in [0.05, 0.1) is 10.2 Å². The highest BCUT2D eigenvalue weighted by atomic mass is 32.2. The van der Waals surface area contributed by atoms with E-state index in [9.17, 15) is 8.42 Å². The Morgan fingerprint density at radius 1 is 1.36 bits per heavy atom. The van der Waals surface area contributed by atoms with Crippen LogP contribution in [0.1, 0.15) is 5.01 Å². The number of sulfone groups is 1. The lowest BCUT2D eigenvalue weighted by Gasteiger charge is -1.90. The van der Waals surface area contributed by atoms with Crippen molar-refractivity contribution in [3.8, 4) is 0 Å². The average molecular weight is 227 g/mol. The SMILES string of the molecule is CS(=O)(=O)Cc1nc2ccccc2s1. The first-order valence-corrected chi connectivity index (χ1v) is 6.94. The number of fused-ring (bicyclic) bond motifs is 1. The van der Waals surface area contributed by atoms with Crippen molar-refractivity contribution in [1.29, 1.82) is 0 Å². The molecule has 5 heteroatoms. The third-order valence-electron chi connectivity index (χ3n) is 1.72. The maximum Gasteiger partial charge on any atom is 0.153 e. The van der Waals surface area contributed by atoms with Crippen LogP contribution in [0.5, 0.6) is 0 Å². The molecular formula is C9H9NO2S2. The van der Waals surface area contributed by atoms with E-state index in [1.165, 1.54) is 17.6 Å². The molecule has 2 rings (SSSR count). The van der Waals surface area contributed by atoms with Crippen molar-refractivity contribution in [2.24, 2.45) is 0 Å². The van der Waals surface area contributed by atoms with Crippen molar-refractivity contribution in [3.05, 3.63) is 29.3 Å². The van der Waals surface area contributed by atoms with Crippen molar-refractivity contribution in [1.82, 2.24) is 4.98 Å². The van der Waals surface area contributed by atoms with Crippen molar-refractivity contribution >= 4 is 31.4 Å². The quantitative estimate of drug-likeness (QED) is 0.786. The lowest BCUT2D eigenvalue weighted by atomic mass is 10.3. The molecule has 0 unspecified atom stereocenters. The number of rotatable bonds is 2. The summed E-state index contributed by atoms with van der Waals surface area (Å²) in [6.45, 7) is 0. The van der Waals surface area contributed by atoms with Crippen molar-refractivity contribution in [3.63, 3.8) is 0 Å². The lowest BCUT2D eigenvalue weighted by molar-refractivity contribution is 0.601. The summed E-state index contributed by atoms with van der Waals surface area (Å²) < 4.78 is 23.1. The van der Waals surface area contributed by atoms with Crippen LogP contribution in [0.4, 0.5) is 0 Å². The molecule has 0 N–H and O–H groups in total. The maximum absolute atomic E-state index is 11.0. The summed E-state index contributed by atoms with van der Waals surface area (Å²) in [7, 11) is -2.98. The fourth-order valence-electron chi connectivity index (χ4n) is 1.21. The van der Waals surface area contributed by atoms with Gasteiger partial charge in [0.2, 0.25) is 0 Å². The van der Waals surface area contributed by atoms with Gasteiger partial charge in [0.15, 0.2) is 9.84 Å². The van der Waals surface area contributed by atoms with Gasteiger partial charge in [-0.1, -0.05) is 12.1 Å². The molecule has 0 fully saturated rings. The van der Waals surface area contributed by atoms with E-state index in [4.69, 9.17) is 0 Å². The monoisotopic (exact) mass is 227 g/mol. The van der Waals surface area contributed by atoms with Gasteiger partial charge in [-0.25, -0.2) is 13.4 Å². The Morgan fingerprint density at radius 3 is 2.71 bits per heavy atom. The summed E-state index contributed by atoms with van der Waals surface area (Å²) in [6.07, 6.45) is 1.22. The molecule has 0 aliphatic carbocycles. The predicted octanol–water partition coefficient (Wildman–Crippen LogP) is 1.84. The number of thiazole rings is 1. The van der Waals surface area contributed by atoms with Crippen LogP contribution in [0.15, 0.2) is 24.3 Å². The second-order valence-electron chi connectivity index (χ2n) is 3.15. The molecule has 1 heterocycles. The molecule has 14 heavy (non-hydrogen) atoms. The third-order valence-corrected chi connectivity index (χ3v) is 3.74. The second-order valence-corrected chi connectivity index (χ2v) is 6.40. The van der Waals surface area contributed by atoms with Crippen molar-refractivity contribution < 1.29 is 8.42 Å². The molecule has 0 saturated carbocycles. The van der Waals surface area contributed by atoms with Crippen molar-refractivity contribution in [2.45, 2.75) is 5.75 Å². The minimum absolute atomic E-state index is 0.0341. The van der Waals surface area contributed by atoms with Crippen LogP contribution >= 0.6 is 11.3 Å². The minimum Gasteiger partial charge on any atom is -0.240 e. The van der Waals surface area contributed by atoms with Crippen LogP contribution < -0.4 is 0 Å². The molecule has 0 amide bonds. The van der Waals surface area contributed by atoms with Crippen molar-refractivity contribution in [2.75, 3.05) is 6.26 Å². The Hall–Kier alpha value is -0.940. The van der Waals surface area contributed by atoms with Gasteiger partial charge < -0.3 is 0 Å². The zero-order chi connectivity index (χ0) is 10.2. The smallest absolute Gasteiger partial charge is 0.153 e. The standard InChI is InChI=1S/C9H9NO2S2/c1-14(11,12)6-9-10-7-4-2-3-5-8(7)13-9/h2-5H,6H2,1H3. The van der Waals surface area contributed by atoms with Gasteiger partial charge in [0.1, 0.15) is 10.8 Å². The average Bonchev–Trinajstić information content (AvgIpc) is 2.42. The van der Waals surface area contributed by atoms with Crippen LogP contribution in [-0.2, 0) is 15.6 Å². The lowest BCUT2D eigenvalue weighted by Crippen LogP contribution is -1.99. The molecule has 0 saturated heterocycles. The largest absolute Gasteiger partial charge is 0.240 e. The fraction of sp³-hybridized carbons (Fsp3) is 0.222. The molecule has 0 aliphatic heterocycles. The van der Waals surface area contributed by atoms with Gasteiger partial charge in [0, 0.05) is 6.26 Å². The Bertz CT molecular complexity index is 524. The molecule has 0 bridgehead atoms. The van der Waals surface area contributed by atoms with E-state index < -0.39 is 9.84 Å². The molecule has 0 atom stereocenters. The zero-order valence-corrected chi connectivity index (χ0v) is 9.23. The number of benzene rings is 1. The van der Waals surface area contributed by atoms with Crippen LogP contribution in [-0.4, -0.2) is 19.7 Å². The summed E-state index contributed by atoms with van der Waals surface area (Å²) in [5.41, 5.74) is 0.871. The normalized spacial score (nSPS) is 12.1. The first kappa shape index (κ1) is 9.61. The number of aromatic nitrogens is 1. The van der Waals surface area contributed by atoms with Crippen LogP contribution in [0.3, 0.4) is 0 Å². The highest BCUT2D eigenvalue weighted by molar-refractivity contribution is 7.90. The number of nitrogens with zero attached hydrogens (tertiary/aromatic N) is 1. The fourth-order valence-corrected chi connectivity index (χ4v) is 3.36. The first-order chi connectivity index (χ1) is 6.54. The summed E-state index contributed by atoms with van der Waals surface area (Å²) in [5, 5.41) is 0.661. The minimum atomic E-state index is -2.98. The van der Waals surface area contributed by atoms with Crippen LogP contribution in [0.25, 0.3) is 10.2 Å². The molecule has 0 aliphatic rings. The van der Waals surface area contributed by atoms with E-state index in [1.54, 1.807) is 0 Å². The Balaban J connectivity index is 2.46. The van der Waals surface area contributed by atoms with Crippen LogP contribution in [0, 0.1) is 0 Å². The molecule has 1 aromatic heterocycles. The highest BCUT2D eigenvalue weighted by Crippen LogP contribution is 2.22. The molecule has 0 spiro atoms. The summed E-state index contributed by atoms with van der Waals surface area (Å²) in [6, 6.07) is 7.65. The van der Waals surface area contributed by atoms with E-state index >= 15 is 0 Å². The second kappa shape index (κ2) is 3.33. The van der Waals surface area contributed by atoms with Gasteiger partial charge in [-0.3, -0.25) is 0 Å². The number of hydrogen-bond donors (Lipinski definition) is 0. The third kappa shape index (κ3) is 2.10. The molecule has 74 valence electrons. The molecule has 0 radical (unpaired) electrons. The predicted molar refractivity (Wildman–Crippen MR) is 58.2 cm³/mol. The van der Waals surface area contributed by atoms with Gasteiger partial charge in [-0.05, 0) is 12.1 Å². The van der Waals surface area contributed by atoms with Gasteiger partial charge in [0.25, 0.3) is 0 Å². The highest BCUT2D eigenvalue weighted by Gasteiger charge is 2.09. The van der Waals surface area contributed by atoms with Gasteiger partial charge in [-0.2, -0.15) is 0 Å². The Labute approximate surface area is 86.3 Å². The van der Waals surface area contributed by atoms with E-state index in [2.05, 4.69) is 4.98 Å². The zero-order valence-electron chi connectivity index (χ0n) is 7.60. The summed E-state index contributed by atoms with van der Waals surface area (Å²) in [5.74, 6) is 0.0341. The number of hydrogen-bond acceptors (Lipinski definition) is 4. The Morgan fingerprint density at radius 2 is 2.07 bits per heavy atom. The summed E-state index contributed by atoms with van der Waals surface area (Å²) >= 11 is 1.43. The van der Waals surface area contributed by atoms with Crippen LogP contribution in [0.2, 0.25) is 0 Å². The molecule has 3 nitrogen and oxygen atoms in total. The van der Waals surface area contributed by atoms with E-state index in [0.29, 0.717) is 5.01 Å². The van der Waals surface area contributed by atoms with E-state index in [0.717, 1.165) is 10.2 Å². The first-order valence-electron chi connectivity index (χ1n) is 4.07. The maximum atomic E-state index is 11.0. The van der Waals surface area contributed by atoms with Gasteiger partial charge in [-0.15, -0.1) is 11.3 Å². The Kier molecular flexibility index (Phi) is 2.28. The summed E-state index contributed by atoms with van der Waals surface area (Å²) in [4.78, 5) is 4.24. The van der Waals surface area contributed by atoms with Gasteiger partial charge >= 0.3 is 0 Å². The topological polar surface area (TPSA) is 47.0 Å². The molecular weight excluding hydrogens is 218 g/mol. The molecule has 1 aromatic carbocycles. The number of para-hydroxylation sites is 1.